The average molecular weight is 420 g/mol. The Morgan fingerprint density at radius 3 is 2.65 bits per heavy atom. The SMILES string of the molecule is CCCNC(c1cccc(I)c1)c1cc(Cl)ccc1Cl. The summed E-state index contributed by atoms with van der Waals surface area (Å²) < 4.78 is 1.21. The first kappa shape index (κ1) is 16.1. The van der Waals surface area contributed by atoms with E-state index in [0.717, 1.165) is 23.6 Å². The van der Waals surface area contributed by atoms with Crippen LogP contribution < -0.4 is 5.32 Å². The van der Waals surface area contributed by atoms with Crippen molar-refractivity contribution in [2.24, 2.45) is 0 Å². The summed E-state index contributed by atoms with van der Waals surface area (Å²) in [5.41, 5.74) is 2.23. The Labute approximate surface area is 143 Å². The maximum Gasteiger partial charge on any atom is 0.0592 e. The van der Waals surface area contributed by atoms with Crippen molar-refractivity contribution in [1.82, 2.24) is 5.32 Å². The molecule has 1 nitrogen and oxygen atoms in total. The minimum atomic E-state index is 0.0656. The lowest BCUT2D eigenvalue weighted by atomic mass is 9.98. The minimum Gasteiger partial charge on any atom is -0.306 e. The monoisotopic (exact) mass is 419 g/mol. The predicted octanol–water partition coefficient (Wildman–Crippen LogP) is 5.69. The molecular formula is C16H16Cl2IN. The van der Waals surface area contributed by atoms with Crippen molar-refractivity contribution in [3.63, 3.8) is 0 Å². The first-order chi connectivity index (χ1) is 9.61. The lowest BCUT2D eigenvalue weighted by molar-refractivity contribution is 0.598. The molecule has 0 heterocycles. The highest BCUT2D eigenvalue weighted by atomic mass is 127. The van der Waals surface area contributed by atoms with Crippen molar-refractivity contribution >= 4 is 45.8 Å². The van der Waals surface area contributed by atoms with Gasteiger partial charge in [0.2, 0.25) is 0 Å². The maximum atomic E-state index is 6.36. The van der Waals surface area contributed by atoms with Gasteiger partial charge in [-0.15, -0.1) is 0 Å². The smallest absolute Gasteiger partial charge is 0.0592 e. The van der Waals surface area contributed by atoms with Gasteiger partial charge in [0.25, 0.3) is 0 Å². The minimum absolute atomic E-state index is 0.0656. The molecule has 0 amide bonds. The number of halogens is 3. The first-order valence-corrected chi connectivity index (χ1v) is 8.39. The highest BCUT2D eigenvalue weighted by Crippen LogP contribution is 2.31. The highest BCUT2D eigenvalue weighted by Gasteiger charge is 2.17. The van der Waals surface area contributed by atoms with E-state index in [-0.39, 0.29) is 6.04 Å². The van der Waals surface area contributed by atoms with Gasteiger partial charge in [0.1, 0.15) is 0 Å². The molecule has 0 bridgehead atoms. The molecule has 1 atom stereocenters. The fourth-order valence-electron chi connectivity index (χ4n) is 2.12. The van der Waals surface area contributed by atoms with Crippen LogP contribution in [0.3, 0.4) is 0 Å². The van der Waals surface area contributed by atoms with E-state index in [1.54, 1.807) is 0 Å². The number of benzene rings is 2. The number of rotatable bonds is 5. The summed E-state index contributed by atoms with van der Waals surface area (Å²) in [6.07, 6.45) is 1.07. The molecule has 2 aromatic rings. The van der Waals surface area contributed by atoms with E-state index >= 15 is 0 Å². The quantitative estimate of drug-likeness (QED) is 0.614. The molecule has 4 heteroatoms. The van der Waals surface area contributed by atoms with E-state index in [1.165, 1.54) is 9.13 Å². The predicted molar refractivity (Wildman–Crippen MR) is 95.8 cm³/mol. The van der Waals surface area contributed by atoms with Crippen LogP contribution in [-0.2, 0) is 0 Å². The normalized spacial score (nSPS) is 12.4. The summed E-state index contributed by atoms with van der Waals surface area (Å²) in [6.45, 7) is 3.08. The van der Waals surface area contributed by atoms with E-state index in [2.05, 4.69) is 59.1 Å². The van der Waals surface area contributed by atoms with Crippen molar-refractivity contribution in [1.29, 1.82) is 0 Å². The van der Waals surface area contributed by atoms with Crippen LogP contribution in [0.2, 0.25) is 10.0 Å². The molecule has 2 aromatic carbocycles. The van der Waals surface area contributed by atoms with Crippen molar-refractivity contribution in [3.05, 3.63) is 67.2 Å². The molecule has 0 fully saturated rings. The van der Waals surface area contributed by atoms with E-state index in [0.29, 0.717) is 5.02 Å². The van der Waals surface area contributed by atoms with E-state index in [9.17, 15) is 0 Å². The third-order valence-electron chi connectivity index (χ3n) is 3.05. The Hall–Kier alpha value is -0.290. The zero-order chi connectivity index (χ0) is 14.5. The molecule has 1 N–H and O–H groups in total. The molecule has 106 valence electrons. The Bertz CT molecular complexity index is 586. The van der Waals surface area contributed by atoms with Crippen LogP contribution in [-0.4, -0.2) is 6.54 Å². The number of nitrogens with one attached hydrogen (secondary N) is 1. The molecule has 0 aromatic heterocycles. The molecule has 0 spiro atoms. The van der Waals surface area contributed by atoms with Gasteiger partial charge in [0.05, 0.1) is 6.04 Å². The van der Waals surface area contributed by atoms with Gasteiger partial charge in [-0.25, -0.2) is 0 Å². The fourth-order valence-corrected chi connectivity index (χ4v) is 3.09. The maximum absolute atomic E-state index is 6.36. The molecule has 2 rings (SSSR count). The molecule has 0 saturated carbocycles. The molecule has 0 saturated heterocycles. The molecule has 0 radical (unpaired) electrons. The number of hydrogen-bond acceptors (Lipinski definition) is 1. The van der Waals surface area contributed by atoms with Gasteiger partial charge in [-0.1, -0.05) is 42.3 Å². The fraction of sp³-hybridized carbons (Fsp3) is 0.250. The van der Waals surface area contributed by atoms with Crippen molar-refractivity contribution < 1.29 is 0 Å². The van der Waals surface area contributed by atoms with Crippen molar-refractivity contribution in [3.8, 4) is 0 Å². The van der Waals surface area contributed by atoms with Crippen LogP contribution in [0.25, 0.3) is 0 Å². The highest BCUT2D eigenvalue weighted by molar-refractivity contribution is 14.1. The van der Waals surface area contributed by atoms with E-state index < -0.39 is 0 Å². The summed E-state index contributed by atoms with van der Waals surface area (Å²) >= 11 is 14.8. The third kappa shape index (κ3) is 4.10. The third-order valence-corrected chi connectivity index (χ3v) is 4.30. The standard InChI is InChI=1S/C16H16Cl2IN/c1-2-8-20-16(11-4-3-5-13(19)9-11)14-10-12(17)6-7-15(14)18/h3-7,9-10,16,20H,2,8H2,1H3. The molecule has 0 aliphatic heterocycles. The van der Waals surface area contributed by atoms with Crippen LogP contribution in [0.1, 0.15) is 30.5 Å². The first-order valence-electron chi connectivity index (χ1n) is 6.55. The molecule has 1 unspecified atom stereocenters. The molecule has 20 heavy (non-hydrogen) atoms. The lowest BCUT2D eigenvalue weighted by Crippen LogP contribution is -2.23. The average Bonchev–Trinajstić information content (AvgIpc) is 2.43. The lowest BCUT2D eigenvalue weighted by Gasteiger charge is -2.21. The van der Waals surface area contributed by atoms with Gasteiger partial charge in [-0.2, -0.15) is 0 Å². The van der Waals surface area contributed by atoms with Crippen LogP contribution >= 0.6 is 45.8 Å². The van der Waals surface area contributed by atoms with Crippen molar-refractivity contribution in [2.75, 3.05) is 6.54 Å². The second-order valence-corrected chi connectivity index (χ2v) is 6.70. The zero-order valence-electron chi connectivity index (χ0n) is 11.2. The van der Waals surface area contributed by atoms with E-state index in [1.807, 2.05) is 18.2 Å². The van der Waals surface area contributed by atoms with Crippen LogP contribution in [0.15, 0.2) is 42.5 Å². The Kier molecular flexibility index (Phi) is 6.15. The van der Waals surface area contributed by atoms with Crippen molar-refractivity contribution in [2.45, 2.75) is 19.4 Å². The molecule has 0 aliphatic rings. The summed E-state index contributed by atoms with van der Waals surface area (Å²) in [7, 11) is 0. The molecular weight excluding hydrogens is 404 g/mol. The molecule has 0 aliphatic carbocycles. The second-order valence-electron chi connectivity index (χ2n) is 4.61. The van der Waals surface area contributed by atoms with Gasteiger partial charge in [-0.05, 0) is 77.0 Å². The van der Waals surface area contributed by atoms with Crippen LogP contribution in [0, 0.1) is 3.57 Å². The largest absolute Gasteiger partial charge is 0.306 e. The summed E-state index contributed by atoms with van der Waals surface area (Å²) in [4.78, 5) is 0. The van der Waals surface area contributed by atoms with Crippen LogP contribution in [0.4, 0.5) is 0 Å². The Balaban J connectivity index is 2.44. The van der Waals surface area contributed by atoms with Gasteiger partial charge in [0, 0.05) is 13.6 Å². The number of hydrogen-bond donors (Lipinski definition) is 1. The topological polar surface area (TPSA) is 12.0 Å². The Morgan fingerprint density at radius 2 is 1.95 bits per heavy atom. The summed E-state index contributed by atoms with van der Waals surface area (Å²) in [5.74, 6) is 0. The zero-order valence-corrected chi connectivity index (χ0v) is 14.8. The van der Waals surface area contributed by atoms with Gasteiger partial charge < -0.3 is 5.32 Å². The van der Waals surface area contributed by atoms with E-state index in [4.69, 9.17) is 23.2 Å². The summed E-state index contributed by atoms with van der Waals surface area (Å²) in [5, 5.41) is 5.00. The van der Waals surface area contributed by atoms with Gasteiger partial charge in [0.15, 0.2) is 0 Å². The van der Waals surface area contributed by atoms with Crippen LogP contribution in [0.5, 0.6) is 0 Å². The second kappa shape index (κ2) is 7.64. The Morgan fingerprint density at radius 1 is 1.15 bits per heavy atom. The summed E-state index contributed by atoms with van der Waals surface area (Å²) in [6, 6.07) is 14.1. The van der Waals surface area contributed by atoms with Gasteiger partial charge in [-0.3, -0.25) is 0 Å². The van der Waals surface area contributed by atoms with Gasteiger partial charge >= 0.3 is 0 Å².